The van der Waals surface area contributed by atoms with Gasteiger partial charge in [-0.1, -0.05) is 0 Å². The number of nitrogens with zero attached hydrogens (tertiary/aromatic N) is 4. The Balaban J connectivity index is 2.12. The fourth-order valence-corrected chi connectivity index (χ4v) is 2.74. The zero-order valence-corrected chi connectivity index (χ0v) is 16.0. The summed E-state index contributed by atoms with van der Waals surface area (Å²) < 4.78 is 1.37. The number of anilines is 3. The van der Waals surface area contributed by atoms with Crippen LogP contribution < -0.4 is 16.2 Å². The van der Waals surface area contributed by atoms with Crippen molar-refractivity contribution in [1.82, 2.24) is 19.5 Å². The highest BCUT2D eigenvalue weighted by Crippen LogP contribution is 2.25. The Kier molecular flexibility index (Phi) is 5.57. The lowest BCUT2D eigenvalue weighted by molar-refractivity contribution is 0.0805. The van der Waals surface area contributed by atoms with E-state index >= 15 is 0 Å². The molecule has 0 aromatic carbocycles. The van der Waals surface area contributed by atoms with E-state index in [1.54, 1.807) is 36.9 Å². The van der Waals surface area contributed by atoms with Crippen molar-refractivity contribution in [3.8, 4) is 0 Å². The van der Waals surface area contributed by atoms with Crippen molar-refractivity contribution in [3.05, 3.63) is 47.3 Å². The fourth-order valence-electron chi connectivity index (χ4n) is 2.74. The molecule has 0 aliphatic carbocycles. The highest BCUT2D eigenvalue weighted by molar-refractivity contribution is 5.93. The minimum atomic E-state index is -1.01. The highest BCUT2D eigenvalue weighted by atomic mass is 16.3. The van der Waals surface area contributed by atoms with E-state index in [0.717, 1.165) is 0 Å². The van der Waals surface area contributed by atoms with Crippen LogP contribution in [-0.2, 0) is 6.54 Å². The van der Waals surface area contributed by atoms with E-state index in [1.165, 1.54) is 4.57 Å². The number of aliphatic hydroxyl groups excluding tert-OH is 2. The van der Waals surface area contributed by atoms with Crippen LogP contribution in [0.4, 0.5) is 17.5 Å². The summed E-state index contributed by atoms with van der Waals surface area (Å²) in [7, 11) is 0. The third kappa shape index (κ3) is 4.62. The molecule has 3 aromatic heterocycles. The van der Waals surface area contributed by atoms with Gasteiger partial charge in [0, 0.05) is 24.1 Å². The standard InChI is InChI=1S/C19H24N6O3/c1-19(2,3)24-17-16-12(4-7-25(18(16)28)10-13(27)11-26)8-14(23-17)22-15-9-20-5-6-21-15/h4-9,13,26-27H,10-11H2,1-3H3,(H2,21,22,23,24)/t13-/m0/s1. The maximum atomic E-state index is 13.0. The van der Waals surface area contributed by atoms with Crippen molar-refractivity contribution in [3.63, 3.8) is 0 Å². The average Bonchev–Trinajstić information content (AvgIpc) is 2.63. The predicted octanol–water partition coefficient (Wildman–Crippen LogP) is 1.49. The molecule has 9 heteroatoms. The minimum Gasteiger partial charge on any atom is -0.394 e. The number of pyridine rings is 2. The van der Waals surface area contributed by atoms with E-state index in [1.807, 2.05) is 20.8 Å². The zero-order chi connectivity index (χ0) is 20.3. The minimum absolute atomic E-state index is 0.000161. The summed E-state index contributed by atoms with van der Waals surface area (Å²) in [5.74, 6) is 1.48. The number of nitrogens with one attached hydrogen (secondary N) is 2. The van der Waals surface area contributed by atoms with E-state index in [-0.39, 0.29) is 17.6 Å². The van der Waals surface area contributed by atoms with Crippen LogP contribution in [0.3, 0.4) is 0 Å². The van der Waals surface area contributed by atoms with Crippen LogP contribution in [0.15, 0.2) is 41.7 Å². The molecule has 28 heavy (non-hydrogen) atoms. The van der Waals surface area contributed by atoms with Crippen molar-refractivity contribution in [2.24, 2.45) is 0 Å². The monoisotopic (exact) mass is 384 g/mol. The lowest BCUT2D eigenvalue weighted by Gasteiger charge is -2.23. The van der Waals surface area contributed by atoms with Crippen LogP contribution in [0.25, 0.3) is 10.8 Å². The molecule has 148 valence electrons. The molecule has 0 fully saturated rings. The summed E-state index contributed by atoms with van der Waals surface area (Å²) in [6.45, 7) is 5.50. The van der Waals surface area contributed by atoms with E-state index in [2.05, 4.69) is 25.6 Å². The molecule has 0 radical (unpaired) electrons. The Morgan fingerprint density at radius 1 is 1.25 bits per heavy atom. The summed E-state index contributed by atoms with van der Waals surface area (Å²) in [6.07, 6.45) is 5.31. The SMILES string of the molecule is CC(C)(C)Nc1nc(Nc2cnccn2)cc2ccn(C[C@H](O)CO)c(=O)c12. The van der Waals surface area contributed by atoms with Crippen LogP contribution in [0, 0.1) is 0 Å². The van der Waals surface area contributed by atoms with Crippen molar-refractivity contribution in [1.29, 1.82) is 0 Å². The third-order valence-corrected chi connectivity index (χ3v) is 3.89. The van der Waals surface area contributed by atoms with Crippen LogP contribution >= 0.6 is 0 Å². The number of aromatic nitrogens is 4. The molecule has 0 amide bonds. The molecule has 3 heterocycles. The number of rotatable bonds is 6. The molecule has 4 N–H and O–H groups in total. The maximum absolute atomic E-state index is 13.0. The molecule has 0 spiro atoms. The van der Waals surface area contributed by atoms with Gasteiger partial charge in [0.25, 0.3) is 5.56 Å². The van der Waals surface area contributed by atoms with Crippen molar-refractivity contribution in [2.75, 3.05) is 17.2 Å². The van der Waals surface area contributed by atoms with E-state index in [4.69, 9.17) is 5.11 Å². The number of fused-ring (bicyclic) bond motifs is 1. The average molecular weight is 384 g/mol. The quantitative estimate of drug-likeness (QED) is 0.504. The lowest BCUT2D eigenvalue weighted by Crippen LogP contribution is -2.31. The molecule has 0 saturated carbocycles. The molecule has 0 aliphatic rings. The van der Waals surface area contributed by atoms with Gasteiger partial charge in [-0.15, -0.1) is 0 Å². The second-order valence-corrected chi connectivity index (χ2v) is 7.52. The topological polar surface area (TPSA) is 125 Å². The lowest BCUT2D eigenvalue weighted by atomic mass is 10.1. The largest absolute Gasteiger partial charge is 0.394 e. The first-order chi connectivity index (χ1) is 13.3. The normalized spacial score (nSPS) is 12.8. The van der Waals surface area contributed by atoms with Gasteiger partial charge in [0.15, 0.2) is 0 Å². The second-order valence-electron chi connectivity index (χ2n) is 7.52. The molecule has 3 aromatic rings. The van der Waals surface area contributed by atoms with Gasteiger partial charge in [-0.25, -0.2) is 9.97 Å². The molecule has 1 atom stereocenters. The van der Waals surface area contributed by atoms with Gasteiger partial charge in [-0.3, -0.25) is 9.78 Å². The van der Waals surface area contributed by atoms with Gasteiger partial charge in [0.05, 0.1) is 30.8 Å². The van der Waals surface area contributed by atoms with Gasteiger partial charge in [-0.05, 0) is 38.3 Å². The Labute approximate surface area is 162 Å². The van der Waals surface area contributed by atoms with Crippen molar-refractivity contribution >= 4 is 28.2 Å². The molecule has 0 unspecified atom stereocenters. The van der Waals surface area contributed by atoms with E-state index in [9.17, 15) is 9.90 Å². The smallest absolute Gasteiger partial charge is 0.262 e. The van der Waals surface area contributed by atoms with Crippen LogP contribution in [0.2, 0.25) is 0 Å². The number of aliphatic hydroxyl groups is 2. The van der Waals surface area contributed by atoms with Gasteiger partial charge in [0.1, 0.15) is 17.5 Å². The van der Waals surface area contributed by atoms with Crippen LogP contribution in [0.1, 0.15) is 20.8 Å². The molecular weight excluding hydrogens is 360 g/mol. The molecule has 0 bridgehead atoms. The predicted molar refractivity (Wildman–Crippen MR) is 108 cm³/mol. The Morgan fingerprint density at radius 3 is 2.68 bits per heavy atom. The second kappa shape index (κ2) is 7.91. The highest BCUT2D eigenvalue weighted by Gasteiger charge is 2.18. The molecular formula is C19H24N6O3. The molecule has 9 nitrogen and oxygen atoms in total. The van der Waals surface area contributed by atoms with E-state index < -0.39 is 12.7 Å². The number of hydrogen-bond acceptors (Lipinski definition) is 8. The Hall–Kier alpha value is -3.04. The van der Waals surface area contributed by atoms with Crippen molar-refractivity contribution in [2.45, 2.75) is 39.0 Å². The third-order valence-electron chi connectivity index (χ3n) is 3.89. The summed E-state index contributed by atoms with van der Waals surface area (Å²) in [5.41, 5.74) is -0.627. The first-order valence-corrected chi connectivity index (χ1v) is 8.91. The summed E-state index contributed by atoms with van der Waals surface area (Å²) in [6, 6.07) is 3.53. The Morgan fingerprint density at radius 2 is 2.04 bits per heavy atom. The first kappa shape index (κ1) is 19.7. The zero-order valence-electron chi connectivity index (χ0n) is 16.0. The molecule has 0 aliphatic heterocycles. The number of hydrogen-bond donors (Lipinski definition) is 4. The van der Waals surface area contributed by atoms with Crippen LogP contribution in [-0.4, -0.2) is 48.0 Å². The summed E-state index contributed by atoms with van der Waals surface area (Å²) in [5, 5.41) is 26.2. The molecule has 3 rings (SSSR count). The van der Waals surface area contributed by atoms with Crippen molar-refractivity contribution < 1.29 is 10.2 Å². The fraction of sp³-hybridized carbons (Fsp3) is 0.368. The summed E-state index contributed by atoms with van der Waals surface area (Å²) >= 11 is 0. The summed E-state index contributed by atoms with van der Waals surface area (Å²) in [4.78, 5) is 25.8. The van der Waals surface area contributed by atoms with Gasteiger partial charge >= 0.3 is 0 Å². The first-order valence-electron chi connectivity index (χ1n) is 8.91. The van der Waals surface area contributed by atoms with E-state index in [0.29, 0.717) is 28.2 Å². The van der Waals surface area contributed by atoms with Gasteiger partial charge in [0.2, 0.25) is 0 Å². The van der Waals surface area contributed by atoms with Gasteiger partial charge in [-0.2, -0.15) is 0 Å². The maximum Gasteiger partial charge on any atom is 0.262 e. The van der Waals surface area contributed by atoms with Gasteiger partial charge < -0.3 is 25.4 Å². The Bertz CT molecular complexity index is 1010. The van der Waals surface area contributed by atoms with Crippen LogP contribution in [0.5, 0.6) is 0 Å². The molecule has 0 saturated heterocycles.